The van der Waals surface area contributed by atoms with Gasteiger partial charge in [-0.1, -0.05) is 19.3 Å². The first-order valence-corrected chi connectivity index (χ1v) is 6.72. The lowest BCUT2D eigenvalue weighted by molar-refractivity contribution is 0.0450. The van der Waals surface area contributed by atoms with E-state index in [2.05, 4.69) is 0 Å². The highest BCUT2D eigenvalue weighted by Gasteiger charge is 2.19. The van der Waals surface area contributed by atoms with Crippen LogP contribution < -0.4 is 5.73 Å². The Kier molecular flexibility index (Phi) is 3.94. The van der Waals surface area contributed by atoms with E-state index in [1.165, 1.54) is 19.3 Å². The molecule has 1 aliphatic carbocycles. The van der Waals surface area contributed by atoms with Crippen LogP contribution in [-0.4, -0.2) is 17.1 Å². The molecule has 0 saturated heterocycles. The molecule has 1 heterocycles. The number of carbonyl (C=O) groups excluding carboxylic acids is 1. The largest absolute Gasteiger partial charge is 0.461 e. The number of hydrogen-bond acceptors (Lipinski definition) is 3. The van der Waals surface area contributed by atoms with Crippen molar-refractivity contribution in [1.82, 2.24) is 4.57 Å². The standard InChI is InChI=1S/C14H22N2O2/c1-10(2)16-9-12(15)8-13(16)14(17)18-7-6-11-4-3-5-11/h8-11H,3-7,15H2,1-2H3. The number of nitrogens with two attached hydrogens (primary N) is 1. The van der Waals surface area contributed by atoms with Gasteiger partial charge < -0.3 is 15.0 Å². The Morgan fingerprint density at radius 3 is 2.83 bits per heavy atom. The molecule has 100 valence electrons. The summed E-state index contributed by atoms with van der Waals surface area (Å²) in [6.45, 7) is 4.56. The zero-order chi connectivity index (χ0) is 13.1. The van der Waals surface area contributed by atoms with E-state index in [9.17, 15) is 4.79 Å². The second-order valence-corrected chi connectivity index (χ2v) is 5.38. The van der Waals surface area contributed by atoms with E-state index >= 15 is 0 Å². The van der Waals surface area contributed by atoms with Gasteiger partial charge in [0.1, 0.15) is 5.69 Å². The summed E-state index contributed by atoms with van der Waals surface area (Å²) in [5.74, 6) is 0.500. The summed E-state index contributed by atoms with van der Waals surface area (Å²) in [5.41, 5.74) is 6.89. The van der Waals surface area contributed by atoms with E-state index in [-0.39, 0.29) is 12.0 Å². The van der Waals surface area contributed by atoms with E-state index in [1.54, 1.807) is 12.3 Å². The van der Waals surface area contributed by atoms with Crippen molar-refractivity contribution in [2.75, 3.05) is 12.3 Å². The number of aromatic nitrogens is 1. The molecule has 2 rings (SSSR count). The maximum Gasteiger partial charge on any atom is 0.355 e. The van der Waals surface area contributed by atoms with E-state index < -0.39 is 0 Å². The summed E-state index contributed by atoms with van der Waals surface area (Å²) in [7, 11) is 0. The smallest absolute Gasteiger partial charge is 0.355 e. The summed E-state index contributed by atoms with van der Waals surface area (Å²) >= 11 is 0. The lowest BCUT2D eigenvalue weighted by atomic mass is 9.83. The van der Waals surface area contributed by atoms with Crippen molar-refractivity contribution in [2.24, 2.45) is 5.92 Å². The molecule has 1 aromatic heterocycles. The number of nitrogen functional groups attached to an aromatic ring is 1. The molecule has 0 bridgehead atoms. The van der Waals surface area contributed by atoms with Crippen molar-refractivity contribution in [3.05, 3.63) is 18.0 Å². The van der Waals surface area contributed by atoms with Crippen LogP contribution in [0.15, 0.2) is 12.3 Å². The normalized spacial score (nSPS) is 15.7. The molecule has 0 unspecified atom stereocenters. The van der Waals surface area contributed by atoms with Crippen molar-refractivity contribution >= 4 is 11.7 Å². The van der Waals surface area contributed by atoms with Crippen molar-refractivity contribution in [3.63, 3.8) is 0 Å². The van der Waals surface area contributed by atoms with E-state index in [1.807, 2.05) is 18.4 Å². The number of hydrogen-bond donors (Lipinski definition) is 1. The third kappa shape index (κ3) is 2.86. The van der Waals surface area contributed by atoms with Gasteiger partial charge in [-0.2, -0.15) is 0 Å². The lowest BCUT2D eigenvalue weighted by Gasteiger charge is -2.24. The molecule has 0 amide bonds. The Balaban J connectivity index is 1.90. The van der Waals surface area contributed by atoms with Crippen LogP contribution in [0.5, 0.6) is 0 Å². The van der Waals surface area contributed by atoms with Crippen LogP contribution in [0.1, 0.15) is 56.1 Å². The molecule has 1 aliphatic rings. The summed E-state index contributed by atoms with van der Waals surface area (Å²) < 4.78 is 7.19. The van der Waals surface area contributed by atoms with Crippen molar-refractivity contribution in [2.45, 2.75) is 45.6 Å². The van der Waals surface area contributed by atoms with Gasteiger partial charge in [-0.05, 0) is 32.3 Å². The molecule has 1 saturated carbocycles. The first-order chi connectivity index (χ1) is 8.58. The minimum absolute atomic E-state index is 0.205. The highest BCUT2D eigenvalue weighted by Crippen LogP contribution is 2.29. The Hall–Kier alpha value is -1.45. The van der Waals surface area contributed by atoms with Gasteiger partial charge in [-0.3, -0.25) is 0 Å². The van der Waals surface area contributed by atoms with Crippen LogP contribution in [0, 0.1) is 5.92 Å². The molecule has 4 heteroatoms. The van der Waals surface area contributed by atoms with Gasteiger partial charge in [0.05, 0.1) is 12.3 Å². The maximum absolute atomic E-state index is 12.0. The molecule has 0 spiro atoms. The second-order valence-electron chi connectivity index (χ2n) is 5.38. The molecule has 18 heavy (non-hydrogen) atoms. The van der Waals surface area contributed by atoms with Gasteiger partial charge in [0.15, 0.2) is 0 Å². The summed E-state index contributed by atoms with van der Waals surface area (Å²) in [5, 5.41) is 0. The number of nitrogens with zero attached hydrogens (tertiary/aromatic N) is 1. The molecule has 4 nitrogen and oxygen atoms in total. The number of anilines is 1. The molecule has 1 aromatic rings. The third-order valence-corrected chi connectivity index (χ3v) is 3.62. The molecular formula is C14H22N2O2. The van der Waals surface area contributed by atoms with Crippen LogP contribution in [0.4, 0.5) is 5.69 Å². The minimum atomic E-state index is -0.264. The van der Waals surface area contributed by atoms with Crippen LogP contribution >= 0.6 is 0 Å². The topological polar surface area (TPSA) is 57.2 Å². The van der Waals surface area contributed by atoms with Crippen LogP contribution in [0.2, 0.25) is 0 Å². The predicted molar refractivity (Wildman–Crippen MR) is 71.5 cm³/mol. The van der Waals surface area contributed by atoms with Crippen LogP contribution in [-0.2, 0) is 4.74 Å². The Morgan fingerprint density at radius 2 is 2.28 bits per heavy atom. The van der Waals surface area contributed by atoms with Gasteiger partial charge in [-0.15, -0.1) is 0 Å². The van der Waals surface area contributed by atoms with Crippen molar-refractivity contribution in [1.29, 1.82) is 0 Å². The predicted octanol–water partition coefficient (Wildman–Crippen LogP) is 3.00. The molecular weight excluding hydrogens is 228 g/mol. The number of ether oxygens (including phenoxy) is 1. The third-order valence-electron chi connectivity index (χ3n) is 3.62. The molecule has 0 radical (unpaired) electrons. The summed E-state index contributed by atoms with van der Waals surface area (Å²) in [4.78, 5) is 12.0. The van der Waals surface area contributed by atoms with Gasteiger partial charge in [0, 0.05) is 12.2 Å². The average Bonchev–Trinajstić information content (AvgIpc) is 2.64. The Bertz CT molecular complexity index is 419. The van der Waals surface area contributed by atoms with Crippen molar-refractivity contribution < 1.29 is 9.53 Å². The monoisotopic (exact) mass is 250 g/mol. The van der Waals surface area contributed by atoms with E-state index in [0.29, 0.717) is 18.0 Å². The minimum Gasteiger partial charge on any atom is -0.461 e. The fraction of sp³-hybridized carbons (Fsp3) is 0.643. The Labute approximate surface area is 108 Å². The molecule has 0 aromatic carbocycles. The van der Waals surface area contributed by atoms with E-state index in [0.717, 1.165) is 12.3 Å². The number of esters is 1. The van der Waals surface area contributed by atoms with Crippen molar-refractivity contribution in [3.8, 4) is 0 Å². The zero-order valence-electron chi connectivity index (χ0n) is 11.2. The lowest BCUT2D eigenvalue weighted by Crippen LogP contribution is -2.17. The highest BCUT2D eigenvalue weighted by atomic mass is 16.5. The molecule has 0 aliphatic heterocycles. The second kappa shape index (κ2) is 5.46. The molecule has 0 atom stereocenters. The maximum atomic E-state index is 12.0. The summed E-state index contributed by atoms with van der Waals surface area (Å²) in [6.07, 6.45) is 6.67. The van der Waals surface area contributed by atoms with Crippen LogP contribution in [0.3, 0.4) is 0 Å². The van der Waals surface area contributed by atoms with Gasteiger partial charge in [0.25, 0.3) is 0 Å². The zero-order valence-corrected chi connectivity index (χ0v) is 11.2. The fourth-order valence-electron chi connectivity index (χ4n) is 2.27. The highest BCUT2D eigenvalue weighted by molar-refractivity contribution is 5.89. The number of rotatable bonds is 5. The molecule has 1 fully saturated rings. The SMILES string of the molecule is CC(C)n1cc(N)cc1C(=O)OCCC1CCC1. The first kappa shape index (κ1) is 13.0. The first-order valence-electron chi connectivity index (χ1n) is 6.72. The quantitative estimate of drug-likeness (QED) is 0.817. The van der Waals surface area contributed by atoms with Crippen LogP contribution in [0.25, 0.3) is 0 Å². The van der Waals surface area contributed by atoms with E-state index in [4.69, 9.17) is 10.5 Å². The van der Waals surface area contributed by atoms with Gasteiger partial charge >= 0.3 is 5.97 Å². The average molecular weight is 250 g/mol. The number of carbonyl (C=O) groups is 1. The Morgan fingerprint density at radius 1 is 1.56 bits per heavy atom. The van der Waals surface area contributed by atoms with Gasteiger partial charge in [0.2, 0.25) is 0 Å². The van der Waals surface area contributed by atoms with Gasteiger partial charge in [-0.25, -0.2) is 4.79 Å². The summed E-state index contributed by atoms with van der Waals surface area (Å²) in [6, 6.07) is 1.89. The fourth-order valence-corrected chi connectivity index (χ4v) is 2.27. The molecule has 2 N–H and O–H groups in total.